The second-order valence-electron chi connectivity index (χ2n) is 7.66. The highest BCUT2D eigenvalue weighted by Gasteiger charge is 2.58. The van der Waals surface area contributed by atoms with Gasteiger partial charge >= 0.3 is 0 Å². The third-order valence-electron chi connectivity index (χ3n) is 6.34. The van der Waals surface area contributed by atoms with Crippen LogP contribution in [0.15, 0.2) is 34.7 Å². The first-order valence-electron chi connectivity index (χ1n) is 9.09. The molecule has 1 aromatic carbocycles. The van der Waals surface area contributed by atoms with Crippen LogP contribution in [0, 0.1) is 18.3 Å². The number of carbonyl (C=O) groups excluding carboxylic acids is 1. The van der Waals surface area contributed by atoms with Crippen LogP contribution < -0.4 is 0 Å². The fraction of sp³-hybridized carbons (Fsp3) is 0.500. The van der Waals surface area contributed by atoms with Gasteiger partial charge in [0, 0.05) is 18.0 Å². The summed E-state index contributed by atoms with van der Waals surface area (Å²) in [6.45, 7) is 4.13. The van der Waals surface area contributed by atoms with Gasteiger partial charge in [0.25, 0.3) is 5.91 Å². The minimum atomic E-state index is -0.0311. The summed E-state index contributed by atoms with van der Waals surface area (Å²) in [5.74, 6) is 1.34. The molecule has 5 rings (SSSR count). The highest BCUT2D eigenvalue weighted by molar-refractivity contribution is 5.93. The van der Waals surface area contributed by atoms with Crippen molar-refractivity contribution in [1.82, 2.24) is 9.88 Å². The molecule has 3 fully saturated rings. The number of nitrogens with zero attached hydrogens (tertiary/aromatic N) is 2. The number of rotatable bonds is 2. The van der Waals surface area contributed by atoms with E-state index in [-0.39, 0.29) is 17.4 Å². The molecule has 1 saturated carbocycles. The maximum Gasteiger partial charge on any atom is 0.291 e. The Balaban J connectivity index is 1.46. The summed E-state index contributed by atoms with van der Waals surface area (Å²) >= 11 is 0. The van der Waals surface area contributed by atoms with E-state index in [1.54, 1.807) is 0 Å². The van der Waals surface area contributed by atoms with E-state index in [9.17, 15) is 4.79 Å². The molecule has 0 unspecified atom stereocenters. The van der Waals surface area contributed by atoms with Gasteiger partial charge in [-0.3, -0.25) is 4.79 Å². The lowest BCUT2D eigenvalue weighted by Crippen LogP contribution is -2.40. The van der Waals surface area contributed by atoms with Gasteiger partial charge in [0.05, 0.1) is 24.9 Å². The van der Waals surface area contributed by atoms with Crippen molar-refractivity contribution in [2.24, 2.45) is 11.3 Å². The molecule has 1 amide bonds. The predicted molar refractivity (Wildman–Crippen MR) is 92.1 cm³/mol. The number of fused-ring (bicyclic) bond motifs is 2. The fourth-order valence-electron chi connectivity index (χ4n) is 4.82. The van der Waals surface area contributed by atoms with Gasteiger partial charge in [0.15, 0.2) is 0 Å². The van der Waals surface area contributed by atoms with E-state index < -0.39 is 0 Å². The van der Waals surface area contributed by atoms with Crippen LogP contribution in [0.1, 0.15) is 35.5 Å². The van der Waals surface area contributed by atoms with Crippen LogP contribution in [0.5, 0.6) is 0 Å². The number of benzene rings is 1. The Morgan fingerprint density at radius 1 is 1.24 bits per heavy atom. The standard InChI is InChI=1S/C20H22N2O3/c1-13-17(25-18(21-13)14-6-3-2-4-7-14)19(23)22-12-20(8-5-9-20)15-10-24-11-16(15)22/h2-4,6-7,15-16H,5,8-12H2,1H3/t15-,16-/m0/s1. The predicted octanol–water partition coefficient (Wildman–Crippen LogP) is 3.29. The molecule has 0 bridgehead atoms. The van der Waals surface area contributed by atoms with E-state index in [1.807, 2.05) is 42.2 Å². The van der Waals surface area contributed by atoms with Crippen LogP contribution in [0.25, 0.3) is 11.5 Å². The number of carbonyl (C=O) groups is 1. The molecule has 25 heavy (non-hydrogen) atoms. The topological polar surface area (TPSA) is 55.6 Å². The lowest BCUT2D eigenvalue weighted by Gasteiger charge is -2.41. The molecule has 2 saturated heterocycles. The molecule has 3 aliphatic rings. The summed E-state index contributed by atoms with van der Waals surface area (Å²) in [7, 11) is 0. The Morgan fingerprint density at radius 3 is 2.76 bits per heavy atom. The van der Waals surface area contributed by atoms with Crippen LogP contribution in [0.3, 0.4) is 0 Å². The minimum Gasteiger partial charge on any atom is -0.431 e. The SMILES string of the molecule is Cc1nc(-c2ccccc2)oc1C(=O)N1CC2(CCC2)[C@H]2COC[C@@H]21. The second kappa shape index (κ2) is 5.43. The van der Waals surface area contributed by atoms with E-state index >= 15 is 0 Å². The molecule has 2 atom stereocenters. The number of likely N-dealkylation sites (tertiary alicyclic amines) is 1. The summed E-state index contributed by atoms with van der Waals surface area (Å²) in [4.78, 5) is 19.7. The van der Waals surface area contributed by atoms with Gasteiger partial charge in [0.1, 0.15) is 0 Å². The van der Waals surface area contributed by atoms with Gasteiger partial charge < -0.3 is 14.1 Å². The van der Waals surface area contributed by atoms with Crippen LogP contribution in [-0.2, 0) is 4.74 Å². The summed E-state index contributed by atoms with van der Waals surface area (Å²) in [6, 6.07) is 9.92. The Morgan fingerprint density at radius 2 is 2.04 bits per heavy atom. The van der Waals surface area contributed by atoms with Crippen LogP contribution in [-0.4, -0.2) is 41.6 Å². The van der Waals surface area contributed by atoms with Gasteiger partial charge in [-0.25, -0.2) is 4.98 Å². The Hall–Kier alpha value is -2.14. The number of hydrogen-bond donors (Lipinski definition) is 0. The van der Waals surface area contributed by atoms with Gasteiger partial charge in [0.2, 0.25) is 11.7 Å². The molecular weight excluding hydrogens is 316 g/mol. The minimum absolute atomic E-state index is 0.0311. The largest absolute Gasteiger partial charge is 0.431 e. The number of oxazole rings is 1. The average molecular weight is 338 g/mol. The van der Waals surface area contributed by atoms with Crippen molar-refractivity contribution in [3.8, 4) is 11.5 Å². The Kier molecular flexibility index (Phi) is 3.29. The average Bonchev–Trinajstić information content (AvgIpc) is 3.27. The lowest BCUT2D eigenvalue weighted by atomic mass is 9.62. The second-order valence-corrected chi connectivity index (χ2v) is 7.66. The Labute approximate surface area is 147 Å². The zero-order valence-corrected chi connectivity index (χ0v) is 14.4. The summed E-state index contributed by atoms with van der Waals surface area (Å²) in [5.41, 5.74) is 1.84. The molecule has 5 nitrogen and oxygen atoms in total. The third kappa shape index (κ3) is 2.18. The van der Waals surface area contributed by atoms with E-state index in [4.69, 9.17) is 9.15 Å². The number of aryl methyl sites for hydroxylation is 1. The van der Waals surface area contributed by atoms with E-state index in [2.05, 4.69) is 4.98 Å². The first kappa shape index (κ1) is 15.1. The monoisotopic (exact) mass is 338 g/mol. The van der Waals surface area contributed by atoms with Crippen molar-refractivity contribution in [1.29, 1.82) is 0 Å². The maximum absolute atomic E-state index is 13.2. The highest BCUT2D eigenvalue weighted by Crippen LogP contribution is 2.56. The van der Waals surface area contributed by atoms with Crippen molar-refractivity contribution in [2.75, 3.05) is 19.8 Å². The number of aromatic nitrogens is 1. The highest BCUT2D eigenvalue weighted by atomic mass is 16.5. The van der Waals surface area contributed by atoms with Crippen molar-refractivity contribution >= 4 is 5.91 Å². The van der Waals surface area contributed by atoms with Crippen LogP contribution >= 0.6 is 0 Å². The zero-order valence-electron chi connectivity index (χ0n) is 14.4. The molecule has 1 aromatic heterocycles. The van der Waals surface area contributed by atoms with Gasteiger partial charge in [-0.15, -0.1) is 0 Å². The summed E-state index contributed by atoms with van der Waals surface area (Å²) < 4.78 is 11.6. The van der Waals surface area contributed by atoms with E-state index in [0.29, 0.717) is 29.9 Å². The molecule has 2 aromatic rings. The molecule has 130 valence electrons. The maximum atomic E-state index is 13.2. The molecule has 1 spiro atoms. The van der Waals surface area contributed by atoms with Gasteiger partial charge in [-0.2, -0.15) is 0 Å². The van der Waals surface area contributed by atoms with Crippen molar-refractivity contribution in [2.45, 2.75) is 32.2 Å². The zero-order chi connectivity index (χ0) is 17.0. The van der Waals surface area contributed by atoms with Crippen molar-refractivity contribution in [3.63, 3.8) is 0 Å². The number of hydrogen-bond acceptors (Lipinski definition) is 4. The first-order chi connectivity index (χ1) is 12.2. The van der Waals surface area contributed by atoms with Gasteiger partial charge in [-0.05, 0) is 37.3 Å². The molecule has 0 N–H and O–H groups in total. The quantitative estimate of drug-likeness (QED) is 0.843. The molecular formula is C20H22N2O3. The van der Waals surface area contributed by atoms with Crippen LogP contribution in [0.4, 0.5) is 0 Å². The normalized spacial score (nSPS) is 26.7. The van der Waals surface area contributed by atoms with Crippen molar-refractivity contribution < 1.29 is 13.9 Å². The third-order valence-corrected chi connectivity index (χ3v) is 6.34. The summed E-state index contributed by atoms with van der Waals surface area (Å²) in [5, 5.41) is 0. The smallest absolute Gasteiger partial charge is 0.291 e. The van der Waals surface area contributed by atoms with Crippen molar-refractivity contribution in [3.05, 3.63) is 41.8 Å². The van der Waals surface area contributed by atoms with E-state index in [0.717, 1.165) is 18.7 Å². The van der Waals surface area contributed by atoms with Gasteiger partial charge in [-0.1, -0.05) is 24.6 Å². The number of amides is 1. The molecule has 2 aliphatic heterocycles. The number of ether oxygens (including phenoxy) is 1. The Bertz CT molecular complexity index is 810. The molecule has 3 heterocycles. The molecule has 0 radical (unpaired) electrons. The summed E-state index contributed by atoms with van der Waals surface area (Å²) in [6.07, 6.45) is 3.70. The fourth-order valence-corrected chi connectivity index (χ4v) is 4.82. The lowest BCUT2D eigenvalue weighted by molar-refractivity contribution is 0.0437. The molecule has 5 heteroatoms. The van der Waals surface area contributed by atoms with Crippen LogP contribution in [0.2, 0.25) is 0 Å². The first-order valence-corrected chi connectivity index (χ1v) is 9.09. The molecule has 1 aliphatic carbocycles. The van der Waals surface area contributed by atoms with E-state index in [1.165, 1.54) is 19.3 Å².